The molecule has 0 spiro atoms. The van der Waals surface area contributed by atoms with Crippen molar-refractivity contribution in [2.45, 2.75) is 12.6 Å². The number of benzene rings is 2. The van der Waals surface area contributed by atoms with E-state index < -0.39 is 30.3 Å². The molecular formula is C19H17ClFN5O5. The van der Waals surface area contributed by atoms with E-state index >= 15 is 0 Å². The molecule has 1 aromatic heterocycles. The van der Waals surface area contributed by atoms with Gasteiger partial charge in [-0.05, 0) is 34.5 Å². The van der Waals surface area contributed by atoms with E-state index in [0.29, 0.717) is 26.6 Å². The van der Waals surface area contributed by atoms with Gasteiger partial charge in [-0.25, -0.2) is 14.2 Å². The van der Waals surface area contributed by atoms with Gasteiger partial charge in [0, 0.05) is 17.1 Å². The number of nitrogens with zero attached hydrogens (tertiary/aromatic N) is 4. The highest BCUT2D eigenvalue weighted by atomic mass is 35.5. The first-order valence-electron chi connectivity index (χ1n) is 8.85. The minimum atomic E-state index is -1.77. The Hall–Kier alpha value is -3.54. The van der Waals surface area contributed by atoms with E-state index in [9.17, 15) is 19.1 Å². The fourth-order valence-electron chi connectivity index (χ4n) is 2.73. The number of hydrazine groups is 1. The summed E-state index contributed by atoms with van der Waals surface area (Å²) in [7, 11) is 0. The number of carbonyl (C=O) groups is 2. The summed E-state index contributed by atoms with van der Waals surface area (Å²) in [5, 5.41) is 36.0. The van der Waals surface area contributed by atoms with Crippen LogP contribution in [0, 0.1) is 5.82 Å². The van der Waals surface area contributed by atoms with Crippen LogP contribution in [-0.2, 0) is 11.3 Å². The van der Waals surface area contributed by atoms with Crippen LogP contribution in [-0.4, -0.2) is 60.1 Å². The molecule has 0 aliphatic rings. The van der Waals surface area contributed by atoms with Gasteiger partial charge in [0.15, 0.2) is 11.8 Å². The lowest BCUT2D eigenvalue weighted by Crippen LogP contribution is -2.47. The molecule has 0 aliphatic heterocycles. The lowest BCUT2D eigenvalue weighted by molar-refractivity contribution is -0.148. The summed E-state index contributed by atoms with van der Waals surface area (Å²) >= 11 is 5.93. The number of amides is 1. The number of aliphatic carboxylic acids is 1. The Kier molecular flexibility index (Phi) is 6.80. The smallest absolute Gasteiger partial charge is 0.333 e. The average molecular weight is 450 g/mol. The summed E-state index contributed by atoms with van der Waals surface area (Å²) in [6.45, 7) is -0.416. The molecule has 3 aromatic rings. The Labute approximate surface area is 180 Å². The highest BCUT2D eigenvalue weighted by molar-refractivity contribution is 6.30. The van der Waals surface area contributed by atoms with Gasteiger partial charge < -0.3 is 15.4 Å². The van der Waals surface area contributed by atoms with Crippen molar-refractivity contribution >= 4 is 23.5 Å². The van der Waals surface area contributed by atoms with Gasteiger partial charge in [-0.15, -0.1) is 5.10 Å². The Morgan fingerprint density at radius 3 is 2.55 bits per heavy atom. The summed E-state index contributed by atoms with van der Waals surface area (Å²) in [6.07, 6.45) is -0.816. The molecule has 1 amide bonds. The van der Waals surface area contributed by atoms with E-state index in [-0.39, 0.29) is 12.2 Å². The highest BCUT2D eigenvalue weighted by Gasteiger charge is 2.21. The van der Waals surface area contributed by atoms with E-state index in [1.165, 1.54) is 23.2 Å². The van der Waals surface area contributed by atoms with E-state index in [1.54, 1.807) is 24.3 Å². The van der Waals surface area contributed by atoms with Crippen LogP contribution in [0.25, 0.3) is 11.1 Å². The summed E-state index contributed by atoms with van der Waals surface area (Å²) in [4.78, 5) is 23.6. The van der Waals surface area contributed by atoms with E-state index in [1.807, 2.05) is 0 Å². The molecule has 162 valence electrons. The molecule has 12 heteroatoms. The van der Waals surface area contributed by atoms with Crippen LogP contribution in [0.15, 0.2) is 48.7 Å². The van der Waals surface area contributed by atoms with E-state index in [4.69, 9.17) is 21.9 Å². The van der Waals surface area contributed by atoms with Gasteiger partial charge in [0.25, 0.3) is 5.91 Å². The van der Waals surface area contributed by atoms with Crippen molar-refractivity contribution < 1.29 is 29.4 Å². The Bertz CT molecular complexity index is 1090. The van der Waals surface area contributed by atoms with Gasteiger partial charge in [-0.3, -0.25) is 10.2 Å². The molecule has 0 bridgehead atoms. The lowest BCUT2D eigenvalue weighted by atomic mass is 10.0. The summed E-state index contributed by atoms with van der Waals surface area (Å²) in [6, 6.07) is 10.8. The molecular weight excluding hydrogens is 433 g/mol. The fraction of sp³-hybridized carbons (Fsp3) is 0.158. The van der Waals surface area contributed by atoms with Crippen molar-refractivity contribution in [2.24, 2.45) is 0 Å². The highest BCUT2D eigenvalue weighted by Crippen LogP contribution is 2.26. The third-order valence-corrected chi connectivity index (χ3v) is 4.45. The number of carboxylic acids is 1. The summed E-state index contributed by atoms with van der Waals surface area (Å²) < 4.78 is 14.1. The molecule has 1 heterocycles. The van der Waals surface area contributed by atoms with Crippen LogP contribution >= 0.6 is 11.6 Å². The number of halogens is 2. The predicted molar refractivity (Wildman–Crippen MR) is 106 cm³/mol. The number of nitrogens with one attached hydrogen (secondary N) is 1. The van der Waals surface area contributed by atoms with Crippen molar-refractivity contribution in [3.8, 4) is 11.1 Å². The molecule has 2 aromatic carbocycles. The van der Waals surface area contributed by atoms with Crippen LogP contribution in [0.3, 0.4) is 0 Å². The van der Waals surface area contributed by atoms with Crippen LogP contribution in [0.5, 0.6) is 0 Å². The second-order valence-electron chi connectivity index (χ2n) is 6.52. The van der Waals surface area contributed by atoms with Gasteiger partial charge >= 0.3 is 5.97 Å². The Balaban J connectivity index is 1.77. The molecule has 0 aliphatic carbocycles. The maximum Gasteiger partial charge on any atom is 0.333 e. The average Bonchev–Trinajstić information content (AvgIpc) is 3.17. The molecule has 0 saturated carbocycles. The normalized spacial score (nSPS) is 12.0. The van der Waals surface area contributed by atoms with Gasteiger partial charge in [0.2, 0.25) is 0 Å². The molecule has 0 saturated heterocycles. The van der Waals surface area contributed by atoms with Crippen LogP contribution in [0.1, 0.15) is 16.1 Å². The number of rotatable bonds is 8. The number of carbonyl (C=O) groups excluding carboxylic acids is 1. The fourth-order valence-corrected chi connectivity index (χ4v) is 2.90. The van der Waals surface area contributed by atoms with Crippen LogP contribution in [0.2, 0.25) is 5.02 Å². The van der Waals surface area contributed by atoms with E-state index in [0.717, 1.165) is 6.20 Å². The van der Waals surface area contributed by atoms with Gasteiger partial charge in [0.1, 0.15) is 5.82 Å². The maximum atomic E-state index is 14.1. The molecule has 0 fully saturated rings. The first kappa shape index (κ1) is 22.2. The first-order chi connectivity index (χ1) is 14.7. The third-order valence-electron chi connectivity index (χ3n) is 4.22. The summed E-state index contributed by atoms with van der Waals surface area (Å²) in [5.74, 6) is -2.67. The zero-order chi connectivity index (χ0) is 22.5. The Morgan fingerprint density at radius 2 is 1.94 bits per heavy atom. The van der Waals surface area contributed by atoms with Gasteiger partial charge in [-0.2, -0.15) is 0 Å². The number of carboxylic acid groups (broad SMARTS) is 1. The van der Waals surface area contributed by atoms with Crippen molar-refractivity contribution in [1.82, 2.24) is 25.6 Å². The lowest BCUT2D eigenvalue weighted by Gasteiger charge is -2.24. The minimum absolute atomic E-state index is 0.0155. The topological polar surface area (TPSA) is 141 Å². The van der Waals surface area contributed by atoms with E-state index in [2.05, 4.69) is 15.7 Å². The van der Waals surface area contributed by atoms with Crippen LogP contribution in [0.4, 0.5) is 4.39 Å². The van der Waals surface area contributed by atoms with Crippen molar-refractivity contribution in [3.05, 3.63) is 70.8 Å². The number of hydrogen-bond acceptors (Lipinski definition) is 7. The summed E-state index contributed by atoms with van der Waals surface area (Å²) in [5.41, 5.74) is 3.72. The standard InChI is InChI=1S/C19H17ClFN5O5/c20-13-5-6-15(21)14(7-13)12-3-1-11(2-4-12)8-25(10-17(27)19(29)30)23-18(28)16-9-26(31)24-22-16/h1-7,9,17,27,31H,8,10H2,(H,23,28)(H,29,30)/t17-/m1/s1. The van der Waals surface area contributed by atoms with Gasteiger partial charge in [0.05, 0.1) is 12.7 Å². The molecule has 4 N–H and O–H groups in total. The maximum absolute atomic E-state index is 14.1. The molecule has 31 heavy (non-hydrogen) atoms. The largest absolute Gasteiger partial charge is 0.479 e. The SMILES string of the molecule is O=C(NN(Cc1ccc(-c2cc(Cl)ccc2F)cc1)C[C@@H](O)C(=O)O)c1cn(O)nn1. The number of aliphatic hydroxyl groups is 1. The zero-order valence-corrected chi connectivity index (χ0v) is 16.6. The van der Waals surface area contributed by atoms with Crippen molar-refractivity contribution in [3.63, 3.8) is 0 Å². The Morgan fingerprint density at radius 1 is 1.23 bits per heavy atom. The monoisotopic (exact) mass is 449 g/mol. The number of hydrogen-bond donors (Lipinski definition) is 4. The first-order valence-corrected chi connectivity index (χ1v) is 9.23. The zero-order valence-electron chi connectivity index (χ0n) is 15.8. The molecule has 10 nitrogen and oxygen atoms in total. The van der Waals surface area contributed by atoms with Crippen LogP contribution < -0.4 is 5.43 Å². The number of aromatic nitrogens is 3. The second kappa shape index (κ2) is 9.51. The predicted octanol–water partition coefficient (Wildman–Crippen LogP) is 1.57. The second-order valence-corrected chi connectivity index (χ2v) is 6.96. The third kappa shape index (κ3) is 5.75. The van der Waals surface area contributed by atoms with Crippen molar-refractivity contribution in [2.75, 3.05) is 6.54 Å². The quantitative estimate of drug-likeness (QED) is 0.300. The molecule has 1 atom stereocenters. The molecule has 3 rings (SSSR count). The minimum Gasteiger partial charge on any atom is -0.479 e. The molecule has 0 unspecified atom stereocenters. The number of aliphatic hydroxyl groups excluding tert-OH is 1. The van der Waals surface area contributed by atoms with Gasteiger partial charge in [-0.1, -0.05) is 40.7 Å². The van der Waals surface area contributed by atoms with Crippen molar-refractivity contribution in [1.29, 1.82) is 0 Å². The molecule has 0 radical (unpaired) electrons.